The summed E-state index contributed by atoms with van der Waals surface area (Å²) in [6.07, 6.45) is -1.86. The van der Waals surface area contributed by atoms with E-state index in [1.54, 1.807) is 24.3 Å². The molecule has 4 N–H and O–H groups in total. The fourth-order valence-electron chi connectivity index (χ4n) is 3.07. The minimum Gasteiger partial charge on any atom is -0.484 e. The van der Waals surface area contributed by atoms with Crippen molar-refractivity contribution in [1.29, 1.82) is 0 Å². The second-order valence-corrected chi connectivity index (χ2v) is 6.43. The molecule has 3 aromatic rings. The van der Waals surface area contributed by atoms with Crippen molar-refractivity contribution in [2.75, 3.05) is 18.5 Å². The van der Waals surface area contributed by atoms with Crippen LogP contribution in [0, 0.1) is 0 Å². The molecule has 1 aromatic carbocycles. The molecule has 0 bridgehead atoms. The zero-order chi connectivity index (χ0) is 20.4. The van der Waals surface area contributed by atoms with E-state index >= 15 is 0 Å². The molecule has 11 nitrogen and oxygen atoms in total. The van der Waals surface area contributed by atoms with Crippen molar-refractivity contribution in [1.82, 2.24) is 19.5 Å². The molecule has 29 heavy (non-hydrogen) atoms. The van der Waals surface area contributed by atoms with Gasteiger partial charge in [-0.05, 0) is 12.1 Å². The third kappa shape index (κ3) is 3.76. The number of aliphatic hydroxyl groups is 3. The smallest absolute Gasteiger partial charge is 0.263 e. The number of fused-ring (bicyclic) bond motifs is 1. The minimum absolute atomic E-state index is 0.169. The van der Waals surface area contributed by atoms with Gasteiger partial charge in [0.05, 0.1) is 12.9 Å². The number of carbonyl (C=O) groups excluding carboxylic acids is 1. The summed E-state index contributed by atoms with van der Waals surface area (Å²) in [5.74, 6) is 0.294. The Balaban J connectivity index is 1.51. The van der Waals surface area contributed by atoms with Crippen molar-refractivity contribution in [2.45, 2.75) is 24.5 Å². The number of aliphatic hydroxyl groups excluding tert-OH is 3. The van der Waals surface area contributed by atoms with Crippen molar-refractivity contribution in [3.63, 3.8) is 0 Å². The van der Waals surface area contributed by atoms with Crippen molar-refractivity contribution in [2.24, 2.45) is 0 Å². The van der Waals surface area contributed by atoms with Gasteiger partial charge in [0.1, 0.15) is 30.4 Å². The van der Waals surface area contributed by atoms with E-state index in [-0.39, 0.29) is 23.6 Å². The molecule has 4 atom stereocenters. The molecule has 3 heterocycles. The van der Waals surface area contributed by atoms with Crippen LogP contribution < -0.4 is 10.1 Å². The number of hydrogen-bond acceptors (Lipinski definition) is 9. The third-order valence-electron chi connectivity index (χ3n) is 4.52. The molecule has 0 radical (unpaired) electrons. The summed E-state index contributed by atoms with van der Waals surface area (Å²) in [6.45, 7) is -0.663. The predicted molar refractivity (Wildman–Crippen MR) is 98.9 cm³/mol. The average molecular weight is 401 g/mol. The summed E-state index contributed by atoms with van der Waals surface area (Å²) in [4.78, 5) is 24.6. The number of carbonyl (C=O) groups is 1. The van der Waals surface area contributed by atoms with Gasteiger partial charge in [0, 0.05) is 0 Å². The van der Waals surface area contributed by atoms with Gasteiger partial charge >= 0.3 is 0 Å². The van der Waals surface area contributed by atoms with Gasteiger partial charge in [-0.1, -0.05) is 18.2 Å². The van der Waals surface area contributed by atoms with E-state index in [2.05, 4.69) is 20.3 Å². The third-order valence-corrected chi connectivity index (χ3v) is 4.52. The van der Waals surface area contributed by atoms with Crippen LogP contribution in [0.2, 0.25) is 0 Å². The van der Waals surface area contributed by atoms with Gasteiger partial charge < -0.3 is 30.1 Å². The molecule has 1 amide bonds. The largest absolute Gasteiger partial charge is 0.484 e. The zero-order valence-corrected chi connectivity index (χ0v) is 15.1. The lowest BCUT2D eigenvalue weighted by Crippen LogP contribution is -2.33. The Kier molecular flexibility index (Phi) is 5.36. The normalized spacial score (nSPS) is 24.0. The van der Waals surface area contributed by atoms with Gasteiger partial charge in [0.25, 0.3) is 5.91 Å². The maximum absolute atomic E-state index is 12.2. The summed E-state index contributed by atoms with van der Waals surface area (Å²) in [6, 6.07) is 8.91. The van der Waals surface area contributed by atoms with Crippen LogP contribution in [-0.2, 0) is 9.53 Å². The first-order valence-electron chi connectivity index (χ1n) is 8.86. The van der Waals surface area contributed by atoms with Gasteiger partial charge in [-0.2, -0.15) is 0 Å². The SMILES string of the molecule is O=C(COc1ccccc1)Nc1ncnc2c1ncn2[C@H]1O[C@@H](CO)[C@@H](O)[C@H]1O. The van der Waals surface area contributed by atoms with Gasteiger partial charge in [0.2, 0.25) is 0 Å². The molecule has 0 saturated carbocycles. The number of anilines is 1. The first-order valence-corrected chi connectivity index (χ1v) is 8.86. The summed E-state index contributed by atoms with van der Waals surface area (Å²) in [5.41, 5.74) is 0.562. The summed E-state index contributed by atoms with van der Waals surface area (Å²) < 4.78 is 12.3. The standard InChI is InChI=1S/C18H19N5O6/c24-6-11-14(26)15(27)18(29-11)23-9-21-13-16(19-8-20-17(13)23)22-12(25)7-28-10-4-2-1-3-5-10/h1-5,8-9,11,14-15,18,24,26-27H,6-7H2,(H,19,20,22,25)/t11-,14+,15+,18-/m0/s1. The van der Waals surface area contributed by atoms with Crippen molar-refractivity contribution >= 4 is 22.9 Å². The Bertz CT molecular complexity index is 997. The molecule has 11 heteroatoms. The van der Waals surface area contributed by atoms with Gasteiger partial charge in [0.15, 0.2) is 29.8 Å². The molecule has 4 rings (SSSR count). The number of benzene rings is 1. The van der Waals surface area contributed by atoms with E-state index in [4.69, 9.17) is 9.47 Å². The summed E-state index contributed by atoms with van der Waals surface area (Å²) in [7, 11) is 0. The molecule has 1 saturated heterocycles. The van der Waals surface area contributed by atoms with E-state index in [9.17, 15) is 20.1 Å². The van der Waals surface area contributed by atoms with Crippen LogP contribution in [0.25, 0.3) is 11.2 Å². The number of nitrogens with zero attached hydrogens (tertiary/aromatic N) is 4. The molecule has 1 fully saturated rings. The quantitative estimate of drug-likeness (QED) is 0.426. The molecule has 2 aromatic heterocycles. The van der Waals surface area contributed by atoms with Crippen LogP contribution in [0.15, 0.2) is 43.0 Å². The summed E-state index contributed by atoms with van der Waals surface area (Å²) in [5, 5.41) is 32.0. The maximum atomic E-state index is 12.2. The number of ether oxygens (including phenoxy) is 2. The van der Waals surface area contributed by atoms with Crippen LogP contribution in [0.1, 0.15) is 6.23 Å². The van der Waals surface area contributed by atoms with Crippen LogP contribution in [0.3, 0.4) is 0 Å². The molecule has 0 aliphatic carbocycles. The Labute approximate surface area is 164 Å². The number of nitrogens with one attached hydrogen (secondary N) is 1. The second kappa shape index (κ2) is 8.09. The number of aromatic nitrogens is 4. The number of rotatable bonds is 6. The lowest BCUT2D eigenvalue weighted by atomic mass is 10.1. The van der Waals surface area contributed by atoms with Crippen LogP contribution >= 0.6 is 0 Å². The van der Waals surface area contributed by atoms with E-state index in [1.807, 2.05) is 6.07 Å². The molecule has 0 unspecified atom stereocenters. The van der Waals surface area contributed by atoms with Crippen LogP contribution in [0.4, 0.5) is 5.82 Å². The van der Waals surface area contributed by atoms with Crippen molar-refractivity contribution in [3.05, 3.63) is 43.0 Å². The van der Waals surface area contributed by atoms with Crippen LogP contribution in [-0.4, -0.2) is 72.3 Å². The zero-order valence-electron chi connectivity index (χ0n) is 15.1. The molecule has 1 aliphatic heterocycles. The highest BCUT2D eigenvalue weighted by molar-refractivity contribution is 5.97. The lowest BCUT2D eigenvalue weighted by molar-refractivity contribution is -0.118. The fraction of sp³-hybridized carbons (Fsp3) is 0.333. The Morgan fingerprint density at radius 2 is 1.97 bits per heavy atom. The second-order valence-electron chi connectivity index (χ2n) is 6.43. The number of amides is 1. The van der Waals surface area contributed by atoms with Gasteiger partial charge in [-0.3, -0.25) is 9.36 Å². The highest BCUT2D eigenvalue weighted by Gasteiger charge is 2.44. The van der Waals surface area contributed by atoms with Crippen molar-refractivity contribution < 1.29 is 29.6 Å². The highest BCUT2D eigenvalue weighted by Crippen LogP contribution is 2.32. The number of para-hydroxylation sites is 1. The van der Waals surface area contributed by atoms with Gasteiger partial charge in [-0.15, -0.1) is 0 Å². The molecule has 152 valence electrons. The van der Waals surface area contributed by atoms with E-state index in [1.165, 1.54) is 17.2 Å². The Hall–Kier alpha value is -3.12. The Morgan fingerprint density at radius 3 is 2.69 bits per heavy atom. The first kappa shape index (κ1) is 19.2. The lowest BCUT2D eigenvalue weighted by Gasteiger charge is -2.16. The molecular weight excluding hydrogens is 382 g/mol. The van der Waals surface area contributed by atoms with E-state index < -0.39 is 37.1 Å². The minimum atomic E-state index is -1.28. The topological polar surface area (TPSA) is 152 Å². The molecule has 0 spiro atoms. The predicted octanol–water partition coefficient (Wildman–Crippen LogP) is -0.545. The highest BCUT2D eigenvalue weighted by atomic mass is 16.6. The monoisotopic (exact) mass is 401 g/mol. The van der Waals surface area contributed by atoms with Crippen molar-refractivity contribution in [3.8, 4) is 5.75 Å². The molecular formula is C18H19N5O6. The fourth-order valence-corrected chi connectivity index (χ4v) is 3.07. The Morgan fingerprint density at radius 1 is 1.17 bits per heavy atom. The number of imidazole rings is 1. The first-order chi connectivity index (χ1) is 14.1. The van der Waals surface area contributed by atoms with E-state index in [0.29, 0.717) is 5.75 Å². The average Bonchev–Trinajstić information content (AvgIpc) is 3.29. The number of hydrogen-bond donors (Lipinski definition) is 4. The summed E-state index contributed by atoms with van der Waals surface area (Å²) >= 11 is 0. The van der Waals surface area contributed by atoms with Gasteiger partial charge in [-0.25, -0.2) is 15.0 Å². The van der Waals surface area contributed by atoms with Crippen LogP contribution in [0.5, 0.6) is 5.75 Å². The maximum Gasteiger partial charge on any atom is 0.263 e. The molecule has 1 aliphatic rings. The van der Waals surface area contributed by atoms with E-state index in [0.717, 1.165) is 0 Å².